The summed E-state index contributed by atoms with van der Waals surface area (Å²) in [5.41, 5.74) is 1.65. The molecule has 0 saturated carbocycles. The van der Waals surface area contributed by atoms with Gasteiger partial charge in [0.05, 0.1) is 22.3 Å². The van der Waals surface area contributed by atoms with Crippen LogP contribution in [0.5, 0.6) is 0 Å². The van der Waals surface area contributed by atoms with Crippen molar-refractivity contribution in [1.29, 1.82) is 0 Å². The minimum atomic E-state index is -0.165. The fourth-order valence-corrected chi connectivity index (χ4v) is 2.25. The maximum atomic E-state index is 11.9. The molecule has 1 atom stereocenters. The molecule has 0 saturated heterocycles. The van der Waals surface area contributed by atoms with Gasteiger partial charge >= 0.3 is 0 Å². The maximum absolute atomic E-state index is 11.9. The van der Waals surface area contributed by atoms with Gasteiger partial charge in [0.1, 0.15) is 0 Å². The van der Waals surface area contributed by atoms with Gasteiger partial charge in [-0.1, -0.05) is 59.6 Å². The molecule has 2 aromatic carbocycles. The summed E-state index contributed by atoms with van der Waals surface area (Å²) in [5.74, 6) is -0.165. The Kier molecular flexibility index (Phi) is 5.62. The molecule has 0 spiro atoms. The van der Waals surface area contributed by atoms with Crippen molar-refractivity contribution in [2.24, 2.45) is 0 Å². The van der Waals surface area contributed by atoms with E-state index in [-0.39, 0.29) is 18.5 Å². The summed E-state index contributed by atoms with van der Waals surface area (Å²) >= 11 is 11.9. The molecule has 21 heavy (non-hydrogen) atoms. The SMILES string of the molecule is C[C@@H](NCC(=O)Nc1cccc(Cl)c1Cl)c1ccccc1. The number of benzene rings is 2. The molecule has 5 heteroatoms. The Hall–Kier alpha value is -1.55. The summed E-state index contributed by atoms with van der Waals surface area (Å²) < 4.78 is 0. The summed E-state index contributed by atoms with van der Waals surface area (Å²) in [6.07, 6.45) is 0. The van der Waals surface area contributed by atoms with E-state index in [4.69, 9.17) is 23.2 Å². The third-order valence-corrected chi connectivity index (χ3v) is 3.91. The second-order valence-corrected chi connectivity index (χ2v) is 5.45. The first-order valence-electron chi connectivity index (χ1n) is 6.60. The second kappa shape index (κ2) is 7.46. The number of carbonyl (C=O) groups excluding carboxylic acids is 1. The van der Waals surface area contributed by atoms with Crippen LogP contribution >= 0.6 is 23.2 Å². The molecular weight excluding hydrogens is 307 g/mol. The molecule has 0 aliphatic carbocycles. The summed E-state index contributed by atoms with van der Waals surface area (Å²) in [7, 11) is 0. The van der Waals surface area contributed by atoms with Crippen molar-refractivity contribution < 1.29 is 4.79 Å². The third-order valence-electron chi connectivity index (χ3n) is 3.09. The van der Waals surface area contributed by atoms with E-state index in [0.29, 0.717) is 15.7 Å². The lowest BCUT2D eigenvalue weighted by molar-refractivity contribution is -0.115. The number of amides is 1. The van der Waals surface area contributed by atoms with Gasteiger partial charge < -0.3 is 10.6 Å². The minimum absolute atomic E-state index is 0.0896. The predicted molar refractivity (Wildman–Crippen MR) is 88.0 cm³/mol. The molecule has 2 aromatic rings. The largest absolute Gasteiger partial charge is 0.324 e. The van der Waals surface area contributed by atoms with Crippen molar-refractivity contribution in [2.45, 2.75) is 13.0 Å². The Morgan fingerprint density at radius 2 is 1.81 bits per heavy atom. The van der Waals surface area contributed by atoms with Gasteiger partial charge in [-0.2, -0.15) is 0 Å². The Morgan fingerprint density at radius 3 is 2.52 bits per heavy atom. The summed E-state index contributed by atoms with van der Waals surface area (Å²) in [4.78, 5) is 11.9. The third kappa shape index (κ3) is 4.46. The van der Waals surface area contributed by atoms with Crippen molar-refractivity contribution in [3.05, 3.63) is 64.1 Å². The van der Waals surface area contributed by atoms with Gasteiger partial charge in [-0.05, 0) is 24.6 Å². The van der Waals surface area contributed by atoms with E-state index in [1.54, 1.807) is 18.2 Å². The van der Waals surface area contributed by atoms with Gasteiger partial charge in [-0.25, -0.2) is 0 Å². The smallest absolute Gasteiger partial charge is 0.238 e. The van der Waals surface area contributed by atoms with Crippen LogP contribution < -0.4 is 10.6 Å². The first-order valence-corrected chi connectivity index (χ1v) is 7.35. The van der Waals surface area contributed by atoms with Gasteiger partial charge in [0.15, 0.2) is 0 Å². The highest BCUT2D eigenvalue weighted by molar-refractivity contribution is 6.43. The highest BCUT2D eigenvalue weighted by atomic mass is 35.5. The summed E-state index contributed by atoms with van der Waals surface area (Å²) in [6, 6.07) is 15.2. The van der Waals surface area contributed by atoms with Crippen LogP contribution in [-0.2, 0) is 4.79 Å². The lowest BCUT2D eigenvalue weighted by Gasteiger charge is -2.14. The number of hydrogen-bond acceptors (Lipinski definition) is 2. The van der Waals surface area contributed by atoms with Gasteiger partial charge in [0.25, 0.3) is 0 Å². The number of halogens is 2. The van der Waals surface area contributed by atoms with E-state index >= 15 is 0 Å². The van der Waals surface area contributed by atoms with Crippen LogP contribution in [0.15, 0.2) is 48.5 Å². The molecule has 0 heterocycles. The van der Waals surface area contributed by atoms with Crippen molar-refractivity contribution in [3.63, 3.8) is 0 Å². The predicted octanol–water partition coefficient (Wildman–Crippen LogP) is 4.28. The zero-order valence-corrected chi connectivity index (χ0v) is 13.1. The Morgan fingerprint density at radius 1 is 1.10 bits per heavy atom. The molecule has 1 amide bonds. The highest BCUT2D eigenvalue weighted by Crippen LogP contribution is 2.29. The Bertz CT molecular complexity index is 617. The fourth-order valence-electron chi connectivity index (χ4n) is 1.90. The van der Waals surface area contributed by atoms with Crippen molar-refractivity contribution in [3.8, 4) is 0 Å². The van der Waals surface area contributed by atoms with E-state index in [1.807, 2.05) is 37.3 Å². The molecule has 0 aromatic heterocycles. The molecule has 110 valence electrons. The standard InChI is InChI=1S/C16H16Cl2N2O/c1-11(12-6-3-2-4-7-12)19-10-15(21)20-14-9-5-8-13(17)16(14)18/h2-9,11,19H,10H2,1H3,(H,20,21)/t11-/m1/s1. The Balaban J connectivity index is 1.89. The first kappa shape index (κ1) is 15.8. The Labute approximate surface area is 134 Å². The molecule has 2 N–H and O–H groups in total. The van der Waals surface area contributed by atoms with E-state index < -0.39 is 0 Å². The van der Waals surface area contributed by atoms with E-state index in [2.05, 4.69) is 10.6 Å². The molecule has 0 fully saturated rings. The summed E-state index contributed by atoms with van der Waals surface area (Å²) in [6.45, 7) is 2.20. The van der Waals surface area contributed by atoms with Crippen molar-refractivity contribution >= 4 is 34.8 Å². The highest BCUT2D eigenvalue weighted by Gasteiger charge is 2.10. The zero-order chi connectivity index (χ0) is 15.2. The number of carbonyl (C=O) groups is 1. The number of hydrogen-bond donors (Lipinski definition) is 2. The van der Waals surface area contributed by atoms with Crippen LogP contribution in [0, 0.1) is 0 Å². The lowest BCUT2D eigenvalue weighted by atomic mass is 10.1. The van der Waals surface area contributed by atoms with Crippen LogP contribution in [0.25, 0.3) is 0 Å². The second-order valence-electron chi connectivity index (χ2n) is 4.66. The monoisotopic (exact) mass is 322 g/mol. The average molecular weight is 323 g/mol. The van der Waals surface area contributed by atoms with E-state index in [1.165, 1.54) is 0 Å². The molecular formula is C16H16Cl2N2O. The lowest BCUT2D eigenvalue weighted by Crippen LogP contribution is -2.30. The van der Waals surface area contributed by atoms with Gasteiger partial charge in [-0.3, -0.25) is 4.79 Å². The van der Waals surface area contributed by atoms with Gasteiger partial charge in [-0.15, -0.1) is 0 Å². The zero-order valence-electron chi connectivity index (χ0n) is 11.6. The van der Waals surface area contributed by atoms with E-state index in [9.17, 15) is 4.79 Å². The minimum Gasteiger partial charge on any atom is -0.324 e. The normalized spacial score (nSPS) is 12.0. The van der Waals surface area contributed by atoms with Crippen LogP contribution in [0.3, 0.4) is 0 Å². The van der Waals surface area contributed by atoms with Crippen LogP contribution in [0.1, 0.15) is 18.5 Å². The van der Waals surface area contributed by atoms with Crippen molar-refractivity contribution in [1.82, 2.24) is 5.32 Å². The summed E-state index contributed by atoms with van der Waals surface area (Å²) in [5, 5.41) is 6.67. The van der Waals surface area contributed by atoms with Gasteiger partial charge in [0, 0.05) is 6.04 Å². The molecule has 2 rings (SSSR count). The quantitative estimate of drug-likeness (QED) is 0.862. The number of nitrogens with one attached hydrogen (secondary N) is 2. The number of rotatable bonds is 5. The fraction of sp³-hybridized carbons (Fsp3) is 0.188. The molecule has 0 radical (unpaired) electrons. The van der Waals surface area contributed by atoms with Crippen LogP contribution in [0.4, 0.5) is 5.69 Å². The molecule has 0 unspecified atom stereocenters. The molecule has 0 bridgehead atoms. The topological polar surface area (TPSA) is 41.1 Å². The maximum Gasteiger partial charge on any atom is 0.238 e. The average Bonchev–Trinajstić information content (AvgIpc) is 2.50. The van der Waals surface area contributed by atoms with E-state index in [0.717, 1.165) is 5.56 Å². The number of anilines is 1. The van der Waals surface area contributed by atoms with Crippen LogP contribution in [-0.4, -0.2) is 12.5 Å². The van der Waals surface area contributed by atoms with Crippen molar-refractivity contribution in [2.75, 3.05) is 11.9 Å². The molecule has 0 aliphatic heterocycles. The van der Waals surface area contributed by atoms with Gasteiger partial charge in [0.2, 0.25) is 5.91 Å². The molecule has 3 nitrogen and oxygen atoms in total. The first-order chi connectivity index (χ1) is 10.1. The molecule has 0 aliphatic rings. The van der Waals surface area contributed by atoms with Crippen LogP contribution in [0.2, 0.25) is 10.0 Å².